The van der Waals surface area contributed by atoms with Gasteiger partial charge in [-0.05, 0) is 41.3 Å². The number of nitrogens with one attached hydrogen (secondary N) is 2. The molecule has 1 aromatic heterocycles. The minimum atomic E-state index is -0.133. The number of carbonyl (C=O) groups is 1. The van der Waals surface area contributed by atoms with Gasteiger partial charge in [-0.15, -0.1) is 0 Å². The van der Waals surface area contributed by atoms with Crippen LogP contribution in [0.5, 0.6) is 5.75 Å². The summed E-state index contributed by atoms with van der Waals surface area (Å²) in [5, 5.41) is 3.07. The highest BCUT2D eigenvalue weighted by atomic mass is 16.5. The normalized spacial score (nSPS) is 10.8. The summed E-state index contributed by atoms with van der Waals surface area (Å²) in [4.78, 5) is 17.1. The molecule has 4 heteroatoms. The van der Waals surface area contributed by atoms with Crippen molar-refractivity contribution < 1.29 is 9.53 Å². The number of ether oxygens (including phenoxy) is 1. The lowest BCUT2D eigenvalue weighted by Gasteiger charge is -2.12. The molecule has 156 valence electrons. The van der Waals surface area contributed by atoms with Crippen molar-refractivity contribution in [3.05, 3.63) is 96.2 Å². The number of hydrogen-bond donors (Lipinski definition) is 2. The van der Waals surface area contributed by atoms with Gasteiger partial charge in [-0.3, -0.25) is 4.79 Å². The molecule has 0 unspecified atom stereocenters. The first-order valence-corrected chi connectivity index (χ1v) is 10.4. The van der Waals surface area contributed by atoms with Crippen molar-refractivity contribution in [1.29, 1.82) is 0 Å². The van der Waals surface area contributed by atoms with E-state index in [-0.39, 0.29) is 11.8 Å². The topological polar surface area (TPSA) is 54.1 Å². The molecule has 0 spiro atoms. The van der Waals surface area contributed by atoms with E-state index in [1.54, 1.807) is 7.11 Å². The van der Waals surface area contributed by atoms with E-state index >= 15 is 0 Å². The monoisotopic (exact) mass is 410 g/mol. The van der Waals surface area contributed by atoms with Crippen molar-refractivity contribution in [2.24, 2.45) is 0 Å². The van der Waals surface area contributed by atoms with Gasteiger partial charge >= 0.3 is 0 Å². The summed E-state index contributed by atoms with van der Waals surface area (Å²) in [5.74, 6) is 0.765. The van der Waals surface area contributed by atoms with Crippen LogP contribution < -0.4 is 10.1 Å². The summed E-state index contributed by atoms with van der Waals surface area (Å²) in [6.45, 7) is 4.19. The van der Waals surface area contributed by atoms with Gasteiger partial charge in [0.1, 0.15) is 5.75 Å². The number of anilines is 1. The molecule has 0 aliphatic carbocycles. The van der Waals surface area contributed by atoms with Gasteiger partial charge in [-0.1, -0.05) is 74.5 Å². The Hall–Kier alpha value is -3.79. The SMILES string of the molecule is COc1ccc(NC(=O)c2c(C(C)C)[nH]c(-c3ccccc3)c2-c2ccccc2)cc1. The molecular weight excluding hydrogens is 384 g/mol. The van der Waals surface area contributed by atoms with Crippen LogP contribution in [0.15, 0.2) is 84.9 Å². The second-order valence-corrected chi connectivity index (χ2v) is 7.73. The van der Waals surface area contributed by atoms with Crippen molar-refractivity contribution in [3.8, 4) is 28.1 Å². The quantitative estimate of drug-likeness (QED) is 0.370. The summed E-state index contributed by atoms with van der Waals surface area (Å²) < 4.78 is 5.22. The Morgan fingerprint density at radius 1 is 0.839 bits per heavy atom. The number of benzene rings is 3. The van der Waals surface area contributed by atoms with E-state index in [0.29, 0.717) is 5.56 Å². The summed E-state index contributed by atoms with van der Waals surface area (Å²) in [6, 6.07) is 27.6. The summed E-state index contributed by atoms with van der Waals surface area (Å²) in [5.41, 5.74) is 6.24. The van der Waals surface area contributed by atoms with Crippen LogP contribution >= 0.6 is 0 Å². The van der Waals surface area contributed by atoms with Gasteiger partial charge in [-0.2, -0.15) is 0 Å². The standard InChI is InChI=1S/C27H26N2O2/c1-18(2)25-24(27(30)28-21-14-16-22(31-3)17-15-21)23(19-10-6-4-7-11-19)26(29-25)20-12-8-5-9-13-20/h4-18,29H,1-3H3,(H,28,30). The molecule has 4 rings (SSSR count). The van der Waals surface area contributed by atoms with E-state index in [4.69, 9.17) is 4.74 Å². The Morgan fingerprint density at radius 2 is 1.42 bits per heavy atom. The zero-order valence-electron chi connectivity index (χ0n) is 18.0. The van der Waals surface area contributed by atoms with Crippen LogP contribution in [0.1, 0.15) is 35.8 Å². The van der Waals surface area contributed by atoms with Crippen LogP contribution in [0.2, 0.25) is 0 Å². The molecule has 0 aliphatic rings. The number of rotatable bonds is 6. The van der Waals surface area contributed by atoms with Gasteiger partial charge in [0.2, 0.25) is 0 Å². The lowest BCUT2D eigenvalue weighted by Crippen LogP contribution is -2.15. The van der Waals surface area contributed by atoms with Crippen LogP contribution in [0, 0.1) is 0 Å². The molecular formula is C27H26N2O2. The van der Waals surface area contributed by atoms with Crippen LogP contribution in [0.4, 0.5) is 5.69 Å². The van der Waals surface area contributed by atoms with Gasteiger partial charge in [-0.25, -0.2) is 0 Å². The molecule has 1 amide bonds. The van der Waals surface area contributed by atoms with E-state index < -0.39 is 0 Å². The molecule has 4 aromatic rings. The molecule has 0 bridgehead atoms. The third-order valence-corrected chi connectivity index (χ3v) is 5.31. The average Bonchev–Trinajstić information content (AvgIpc) is 3.22. The summed E-state index contributed by atoms with van der Waals surface area (Å²) in [6.07, 6.45) is 0. The maximum absolute atomic E-state index is 13.6. The van der Waals surface area contributed by atoms with E-state index in [1.807, 2.05) is 72.8 Å². The molecule has 1 heterocycles. The average molecular weight is 411 g/mol. The third kappa shape index (κ3) is 4.24. The number of aromatic nitrogens is 1. The van der Waals surface area contributed by atoms with Crippen LogP contribution in [-0.2, 0) is 0 Å². The van der Waals surface area contributed by atoms with Crippen molar-refractivity contribution in [2.75, 3.05) is 12.4 Å². The van der Waals surface area contributed by atoms with Gasteiger partial charge in [0.15, 0.2) is 0 Å². The molecule has 4 nitrogen and oxygen atoms in total. The maximum Gasteiger partial charge on any atom is 0.258 e. The lowest BCUT2D eigenvalue weighted by molar-refractivity contribution is 0.102. The van der Waals surface area contributed by atoms with Crippen molar-refractivity contribution in [3.63, 3.8) is 0 Å². The molecule has 2 N–H and O–H groups in total. The highest BCUT2D eigenvalue weighted by molar-refractivity contribution is 6.12. The molecule has 0 fully saturated rings. The van der Waals surface area contributed by atoms with E-state index in [2.05, 4.69) is 36.3 Å². The summed E-state index contributed by atoms with van der Waals surface area (Å²) >= 11 is 0. The fraction of sp³-hybridized carbons (Fsp3) is 0.148. The fourth-order valence-corrected chi connectivity index (χ4v) is 3.77. The molecule has 0 radical (unpaired) electrons. The second kappa shape index (κ2) is 8.92. The number of methoxy groups -OCH3 is 1. The van der Waals surface area contributed by atoms with Gasteiger partial charge < -0.3 is 15.0 Å². The predicted molar refractivity (Wildman–Crippen MR) is 127 cm³/mol. The largest absolute Gasteiger partial charge is 0.497 e. The molecule has 3 aromatic carbocycles. The second-order valence-electron chi connectivity index (χ2n) is 7.73. The van der Waals surface area contributed by atoms with Gasteiger partial charge in [0.05, 0.1) is 18.4 Å². The van der Waals surface area contributed by atoms with Crippen LogP contribution in [0.3, 0.4) is 0 Å². The first-order chi connectivity index (χ1) is 15.1. The number of amides is 1. The Labute approximate surface area is 182 Å². The van der Waals surface area contributed by atoms with Crippen LogP contribution in [-0.4, -0.2) is 18.0 Å². The summed E-state index contributed by atoms with van der Waals surface area (Å²) in [7, 11) is 1.62. The van der Waals surface area contributed by atoms with E-state index in [9.17, 15) is 4.79 Å². The van der Waals surface area contributed by atoms with Crippen molar-refractivity contribution in [1.82, 2.24) is 4.98 Å². The fourth-order valence-electron chi connectivity index (χ4n) is 3.77. The molecule has 0 saturated heterocycles. The number of hydrogen-bond acceptors (Lipinski definition) is 2. The van der Waals surface area contributed by atoms with Crippen molar-refractivity contribution >= 4 is 11.6 Å². The first kappa shape index (κ1) is 20.5. The molecule has 0 saturated carbocycles. The smallest absolute Gasteiger partial charge is 0.258 e. The predicted octanol–water partition coefficient (Wildman–Crippen LogP) is 6.73. The zero-order chi connectivity index (χ0) is 21.8. The lowest BCUT2D eigenvalue weighted by atomic mass is 9.94. The highest BCUT2D eigenvalue weighted by Crippen LogP contribution is 2.39. The Bertz CT molecular complexity index is 1160. The maximum atomic E-state index is 13.6. The molecule has 0 aliphatic heterocycles. The first-order valence-electron chi connectivity index (χ1n) is 10.4. The van der Waals surface area contributed by atoms with Crippen LogP contribution in [0.25, 0.3) is 22.4 Å². The Kier molecular flexibility index (Phi) is 5.89. The third-order valence-electron chi connectivity index (χ3n) is 5.31. The molecule has 0 atom stereocenters. The van der Waals surface area contributed by atoms with Crippen molar-refractivity contribution in [2.45, 2.75) is 19.8 Å². The Balaban J connectivity index is 1.87. The number of carbonyl (C=O) groups excluding carboxylic acids is 1. The van der Waals surface area contributed by atoms with Gasteiger partial charge in [0, 0.05) is 16.9 Å². The van der Waals surface area contributed by atoms with E-state index in [0.717, 1.165) is 39.5 Å². The van der Waals surface area contributed by atoms with E-state index in [1.165, 1.54) is 0 Å². The number of aromatic amines is 1. The minimum Gasteiger partial charge on any atom is -0.497 e. The minimum absolute atomic E-state index is 0.133. The zero-order valence-corrected chi connectivity index (χ0v) is 18.0. The highest BCUT2D eigenvalue weighted by Gasteiger charge is 2.26. The molecule has 31 heavy (non-hydrogen) atoms. The number of H-pyrrole nitrogens is 1. The Morgan fingerprint density at radius 3 is 1.97 bits per heavy atom. The van der Waals surface area contributed by atoms with Gasteiger partial charge in [0.25, 0.3) is 5.91 Å².